The molecule has 33 heavy (non-hydrogen) atoms. The summed E-state index contributed by atoms with van der Waals surface area (Å²) in [4.78, 5) is 17.3. The van der Waals surface area contributed by atoms with E-state index >= 15 is 0 Å². The molecule has 1 N–H and O–H groups in total. The van der Waals surface area contributed by atoms with Crippen LogP contribution in [-0.2, 0) is 17.8 Å². The van der Waals surface area contributed by atoms with Gasteiger partial charge in [-0.25, -0.2) is 4.68 Å². The second-order valence-electron chi connectivity index (χ2n) is 9.24. The molecule has 0 aliphatic carbocycles. The van der Waals surface area contributed by atoms with Crippen molar-refractivity contribution in [2.75, 3.05) is 37.6 Å². The molecule has 1 saturated heterocycles. The molecule has 0 spiro atoms. The summed E-state index contributed by atoms with van der Waals surface area (Å²) in [5.41, 5.74) is 5.65. The molecule has 174 valence electrons. The maximum atomic E-state index is 12.7. The van der Waals surface area contributed by atoms with Gasteiger partial charge in [0.25, 0.3) is 0 Å². The van der Waals surface area contributed by atoms with E-state index in [2.05, 4.69) is 72.3 Å². The van der Waals surface area contributed by atoms with Gasteiger partial charge in [-0.2, -0.15) is 5.10 Å². The number of benzene rings is 2. The smallest absolute Gasteiger partial charge is 0.234 e. The van der Waals surface area contributed by atoms with Gasteiger partial charge < -0.3 is 10.2 Å². The molecule has 1 aliphatic rings. The number of piperazine rings is 1. The van der Waals surface area contributed by atoms with E-state index in [1.165, 1.54) is 16.9 Å². The molecule has 0 saturated carbocycles. The molecule has 1 aliphatic heterocycles. The molecule has 2 heterocycles. The lowest BCUT2D eigenvalue weighted by molar-refractivity contribution is -0.122. The fraction of sp³-hybridized carbons (Fsp3) is 0.407. The van der Waals surface area contributed by atoms with Crippen LogP contribution in [0.15, 0.2) is 60.7 Å². The highest BCUT2D eigenvalue weighted by atomic mass is 16.2. The summed E-state index contributed by atoms with van der Waals surface area (Å²) in [7, 11) is 0. The summed E-state index contributed by atoms with van der Waals surface area (Å²) in [6.07, 6.45) is 0.952. The van der Waals surface area contributed by atoms with Gasteiger partial charge >= 0.3 is 0 Å². The number of para-hydroxylation sites is 2. The lowest BCUT2D eigenvalue weighted by atomic mass is 10.0. The monoisotopic (exact) mass is 445 g/mol. The van der Waals surface area contributed by atoms with E-state index in [0.29, 0.717) is 19.0 Å². The maximum Gasteiger partial charge on any atom is 0.234 e. The Labute approximate surface area is 197 Å². The lowest BCUT2D eigenvalue weighted by Crippen LogP contribution is -2.49. The van der Waals surface area contributed by atoms with Gasteiger partial charge in [0.15, 0.2) is 0 Å². The predicted molar refractivity (Wildman–Crippen MR) is 134 cm³/mol. The maximum absolute atomic E-state index is 12.7. The number of anilines is 1. The quantitative estimate of drug-likeness (QED) is 0.573. The normalized spacial score (nSPS) is 14.6. The molecule has 0 bridgehead atoms. The Morgan fingerprint density at radius 3 is 2.15 bits per heavy atom. The third-order valence-corrected chi connectivity index (χ3v) is 6.26. The van der Waals surface area contributed by atoms with Gasteiger partial charge in [0.2, 0.25) is 5.91 Å². The Morgan fingerprint density at radius 2 is 1.55 bits per heavy atom. The third-order valence-electron chi connectivity index (χ3n) is 6.26. The van der Waals surface area contributed by atoms with Crippen LogP contribution < -0.4 is 10.2 Å². The molecule has 0 unspecified atom stereocenters. The van der Waals surface area contributed by atoms with E-state index in [4.69, 9.17) is 5.10 Å². The zero-order valence-electron chi connectivity index (χ0n) is 20.0. The minimum atomic E-state index is 0.0576. The minimum Gasteiger partial charge on any atom is -0.369 e. The van der Waals surface area contributed by atoms with Crippen molar-refractivity contribution >= 4 is 11.6 Å². The van der Waals surface area contributed by atoms with E-state index < -0.39 is 0 Å². The first-order chi connectivity index (χ1) is 16.0. The van der Waals surface area contributed by atoms with Crippen molar-refractivity contribution < 1.29 is 4.79 Å². The molecule has 1 amide bonds. The summed E-state index contributed by atoms with van der Waals surface area (Å²) in [6, 6.07) is 20.7. The zero-order valence-corrected chi connectivity index (χ0v) is 20.0. The zero-order chi connectivity index (χ0) is 23.2. The van der Waals surface area contributed by atoms with E-state index in [1.54, 1.807) is 0 Å². The molecule has 6 nitrogen and oxygen atoms in total. The molecular weight excluding hydrogens is 410 g/mol. The number of hydrogen-bond acceptors (Lipinski definition) is 4. The van der Waals surface area contributed by atoms with Crippen LogP contribution in [-0.4, -0.2) is 53.3 Å². The Morgan fingerprint density at radius 1 is 0.939 bits per heavy atom. The molecule has 6 heteroatoms. The van der Waals surface area contributed by atoms with Crippen LogP contribution in [0, 0.1) is 12.8 Å². The molecular formula is C27H35N5O. The first-order valence-corrected chi connectivity index (χ1v) is 11.9. The Hall–Kier alpha value is -3.12. The number of carbonyl (C=O) groups excluding carboxylic acids is 1. The number of aromatic nitrogens is 2. The van der Waals surface area contributed by atoms with Gasteiger partial charge in [-0.15, -0.1) is 0 Å². The topological polar surface area (TPSA) is 53.4 Å². The van der Waals surface area contributed by atoms with Crippen LogP contribution in [0.25, 0.3) is 5.69 Å². The first-order valence-electron chi connectivity index (χ1n) is 11.9. The third kappa shape index (κ3) is 5.82. The number of amides is 1. The standard InChI is InChI=1S/C27H35N5O/c1-21(2)18-26-22(3)25(29-32(26)24-12-8-5-9-13-24)19-28-27(33)20-30-14-16-31(17-15-30)23-10-6-4-7-11-23/h4-13,21H,14-20H2,1-3H3,(H,28,33). The van der Waals surface area contributed by atoms with Gasteiger partial charge in [-0.05, 0) is 49.1 Å². The molecule has 3 aromatic rings. The number of nitrogens with one attached hydrogen (secondary N) is 1. The van der Waals surface area contributed by atoms with Crippen molar-refractivity contribution in [3.8, 4) is 5.69 Å². The summed E-state index contributed by atoms with van der Waals surface area (Å²) < 4.78 is 2.04. The molecule has 0 radical (unpaired) electrons. The van der Waals surface area contributed by atoms with Crippen molar-refractivity contribution in [1.29, 1.82) is 0 Å². The number of nitrogens with zero attached hydrogens (tertiary/aromatic N) is 4. The fourth-order valence-corrected chi connectivity index (χ4v) is 4.40. The van der Waals surface area contributed by atoms with Crippen LogP contribution in [0.1, 0.15) is 30.8 Å². The lowest BCUT2D eigenvalue weighted by Gasteiger charge is -2.35. The van der Waals surface area contributed by atoms with Crippen LogP contribution >= 0.6 is 0 Å². The van der Waals surface area contributed by atoms with Crippen molar-refractivity contribution in [2.45, 2.75) is 33.7 Å². The SMILES string of the molecule is Cc1c(CNC(=O)CN2CCN(c3ccccc3)CC2)nn(-c2ccccc2)c1CC(C)C. The van der Waals surface area contributed by atoms with Crippen LogP contribution in [0.2, 0.25) is 0 Å². The Kier molecular flexibility index (Phi) is 7.45. The molecule has 0 atom stereocenters. The molecule has 2 aromatic carbocycles. The van der Waals surface area contributed by atoms with Gasteiger partial charge in [-0.1, -0.05) is 50.2 Å². The first kappa shape index (κ1) is 23.1. The highest BCUT2D eigenvalue weighted by Gasteiger charge is 2.20. The van der Waals surface area contributed by atoms with Crippen molar-refractivity contribution in [3.63, 3.8) is 0 Å². The van der Waals surface area contributed by atoms with Gasteiger partial charge in [-0.3, -0.25) is 9.69 Å². The summed E-state index contributed by atoms with van der Waals surface area (Å²) in [5.74, 6) is 0.585. The second-order valence-corrected chi connectivity index (χ2v) is 9.24. The van der Waals surface area contributed by atoms with Gasteiger partial charge in [0, 0.05) is 37.6 Å². The average Bonchev–Trinajstić information content (AvgIpc) is 3.14. The van der Waals surface area contributed by atoms with Crippen LogP contribution in [0.4, 0.5) is 5.69 Å². The van der Waals surface area contributed by atoms with Crippen molar-refractivity contribution in [1.82, 2.24) is 20.0 Å². The molecule has 1 fully saturated rings. The number of carbonyl (C=O) groups is 1. The van der Waals surface area contributed by atoms with Crippen molar-refractivity contribution in [2.24, 2.45) is 5.92 Å². The van der Waals surface area contributed by atoms with E-state index in [9.17, 15) is 4.79 Å². The Balaban J connectivity index is 1.34. The summed E-state index contributed by atoms with van der Waals surface area (Å²) in [6.45, 7) is 11.1. The summed E-state index contributed by atoms with van der Waals surface area (Å²) >= 11 is 0. The summed E-state index contributed by atoms with van der Waals surface area (Å²) in [5, 5.41) is 7.98. The van der Waals surface area contributed by atoms with Gasteiger partial charge in [0.1, 0.15) is 0 Å². The Bertz CT molecular complexity index is 1040. The second kappa shape index (κ2) is 10.7. The number of rotatable bonds is 8. The van der Waals surface area contributed by atoms with E-state index in [-0.39, 0.29) is 5.91 Å². The van der Waals surface area contributed by atoms with E-state index in [1.807, 2.05) is 28.9 Å². The predicted octanol–water partition coefficient (Wildman–Crippen LogP) is 3.82. The highest BCUT2D eigenvalue weighted by Crippen LogP contribution is 2.21. The van der Waals surface area contributed by atoms with Crippen LogP contribution in [0.5, 0.6) is 0 Å². The van der Waals surface area contributed by atoms with Gasteiger partial charge in [0.05, 0.1) is 24.5 Å². The van der Waals surface area contributed by atoms with Crippen LogP contribution in [0.3, 0.4) is 0 Å². The number of hydrogen-bond donors (Lipinski definition) is 1. The van der Waals surface area contributed by atoms with E-state index in [0.717, 1.165) is 44.0 Å². The largest absolute Gasteiger partial charge is 0.369 e. The highest BCUT2D eigenvalue weighted by molar-refractivity contribution is 5.78. The van der Waals surface area contributed by atoms with Crippen molar-refractivity contribution in [3.05, 3.63) is 77.6 Å². The molecule has 4 rings (SSSR count). The minimum absolute atomic E-state index is 0.0576. The average molecular weight is 446 g/mol. The molecule has 1 aromatic heterocycles. The fourth-order valence-electron chi connectivity index (χ4n) is 4.40.